The van der Waals surface area contributed by atoms with Gasteiger partial charge in [-0.25, -0.2) is 4.79 Å². The molecule has 0 radical (unpaired) electrons. The number of esters is 1. The van der Waals surface area contributed by atoms with Gasteiger partial charge < -0.3 is 9.64 Å². The molecular formula is C9H12F2N2O4. The second-order valence-corrected chi connectivity index (χ2v) is 4.31. The first-order valence-corrected chi connectivity index (χ1v) is 5.14. The number of nitrogens with zero attached hydrogens (tertiary/aromatic N) is 2. The molecule has 2 amide bonds. The summed E-state index contributed by atoms with van der Waals surface area (Å²) in [5, 5.41) is 9.05. The molecule has 1 unspecified atom stereocenters. The van der Waals surface area contributed by atoms with Gasteiger partial charge in [0.2, 0.25) is 0 Å². The van der Waals surface area contributed by atoms with E-state index in [0.29, 0.717) is 17.7 Å². The summed E-state index contributed by atoms with van der Waals surface area (Å²) < 4.78 is 31.5. The first-order valence-electron chi connectivity index (χ1n) is 5.14. The lowest BCUT2D eigenvalue weighted by molar-refractivity contribution is -0.277. The largest absolute Gasteiger partial charge is 0.432 e. The number of halogens is 2. The fraction of sp³-hybridized carbons (Fsp3) is 0.778. The maximum Gasteiger partial charge on any atom is 0.347 e. The Balaban J connectivity index is 2.11. The summed E-state index contributed by atoms with van der Waals surface area (Å²) in [4.78, 5) is 23.2. The summed E-state index contributed by atoms with van der Waals surface area (Å²) in [5.41, 5.74) is 0. The SMILES string of the molecule is CN1CC(F)(F)C(OC(=O)C2CC2)N(O)C1=O. The minimum absolute atomic E-state index is 0.232. The second kappa shape index (κ2) is 3.80. The Hall–Kier alpha value is -1.44. The molecule has 1 N–H and O–H groups in total. The summed E-state index contributed by atoms with van der Waals surface area (Å²) in [6.45, 7) is -0.897. The van der Waals surface area contributed by atoms with Crippen molar-refractivity contribution in [2.24, 2.45) is 5.92 Å². The van der Waals surface area contributed by atoms with Gasteiger partial charge in [0.1, 0.15) is 0 Å². The van der Waals surface area contributed by atoms with Crippen LogP contribution in [-0.4, -0.2) is 52.9 Å². The van der Waals surface area contributed by atoms with Crippen LogP contribution in [0.2, 0.25) is 0 Å². The van der Waals surface area contributed by atoms with Crippen LogP contribution in [0.1, 0.15) is 12.8 Å². The van der Waals surface area contributed by atoms with Gasteiger partial charge in [-0.1, -0.05) is 0 Å². The molecule has 0 aromatic rings. The lowest BCUT2D eigenvalue weighted by Gasteiger charge is -2.39. The Morgan fingerprint density at radius 3 is 2.65 bits per heavy atom. The van der Waals surface area contributed by atoms with E-state index in [9.17, 15) is 23.6 Å². The van der Waals surface area contributed by atoms with Crippen LogP contribution in [0.3, 0.4) is 0 Å². The van der Waals surface area contributed by atoms with E-state index in [2.05, 4.69) is 4.74 Å². The molecule has 2 aliphatic rings. The fourth-order valence-electron chi connectivity index (χ4n) is 1.58. The van der Waals surface area contributed by atoms with E-state index in [4.69, 9.17) is 0 Å². The average Bonchev–Trinajstić information content (AvgIpc) is 3.04. The monoisotopic (exact) mass is 250 g/mol. The molecule has 1 atom stereocenters. The standard InChI is InChI=1S/C9H12F2N2O4/c1-12-4-9(10,11)7(13(16)8(12)15)17-6(14)5-2-3-5/h5,7,16H,2-4H2,1H3. The highest BCUT2D eigenvalue weighted by atomic mass is 19.3. The third-order valence-corrected chi connectivity index (χ3v) is 2.69. The minimum Gasteiger partial charge on any atom is -0.432 e. The number of amides is 2. The van der Waals surface area contributed by atoms with Crippen molar-refractivity contribution in [2.45, 2.75) is 25.0 Å². The Labute approximate surface area is 95.7 Å². The van der Waals surface area contributed by atoms with Crippen LogP contribution in [0.5, 0.6) is 0 Å². The first kappa shape index (κ1) is 12.0. The smallest absolute Gasteiger partial charge is 0.347 e. The van der Waals surface area contributed by atoms with Gasteiger partial charge in [-0.05, 0) is 12.8 Å². The van der Waals surface area contributed by atoms with E-state index < -0.39 is 30.7 Å². The second-order valence-electron chi connectivity index (χ2n) is 4.31. The van der Waals surface area contributed by atoms with Gasteiger partial charge in [0.15, 0.2) is 0 Å². The van der Waals surface area contributed by atoms with Crippen LogP contribution < -0.4 is 0 Å². The van der Waals surface area contributed by atoms with Gasteiger partial charge in [-0.3, -0.25) is 10.0 Å². The molecule has 1 saturated carbocycles. The number of carbonyl (C=O) groups excluding carboxylic acids is 2. The molecule has 0 bridgehead atoms. The molecule has 1 saturated heterocycles. The summed E-state index contributed by atoms with van der Waals surface area (Å²) in [6, 6.07) is -1.02. The summed E-state index contributed by atoms with van der Waals surface area (Å²) in [5.74, 6) is -4.68. The van der Waals surface area contributed by atoms with Crippen LogP contribution >= 0.6 is 0 Å². The molecule has 1 aliphatic heterocycles. The zero-order valence-electron chi connectivity index (χ0n) is 9.10. The molecule has 1 heterocycles. The summed E-state index contributed by atoms with van der Waals surface area (Å²) in [7, 11) is 1.12. The lowest BCUT2D eigenvalue weighted by atomic mass is 10.2. The van der Waals surface area contributed by atoms with Crippen molar-refractivity contribution in [1.29, 1.82) is 0 Å². The third kappa shape index (κ3) is 2.17. The highest BCUT2D eigenvalue weighted by Crippen LogP contribution is 2.34. The van der Waals surface area contributed by atoms with Crippen molar-refractivity contribution in [1.82, 2.24) is 9.96 Å². The van der Waals surface area contributed by atoms with E-state index in [1.165, 1.54) is 0 Å². The number of carbonyl (C=O) groups is 2. The number of alkyl halides is 2. The van der Waals surface area contributed by atoms with Crippen molar-refractivity contribution in [3.05, 3.63) is 0 Å². The van der Waals surface area contributed by atoms with Gasteiger partial charge in [-0.2, -0.15) is 13.8 Å². The maximum absolute atomic E-state index is 13.5. The molecule has 1 aliphatic carbocycles. The van der Waals surface area contributed by atoms with E-state index in [1.807, 2.05) is 0 Å². The molecule has 2 fully saturated rings. The average molecular weight is 250 g/mol. The Morgan fingerprint density at radius 2 is 2.12 bits per heavy atom. The quantitative estimate of drug-likeness (QED) is 0.577. The van der Waals surface area contributed by atoms with Gasteiger partial charge in [0.25, 0.3) is 6.23 Å². The van der Waals surface area contributed by atoms with E-state index in [-0.39, 0.29) is 11.0 Å². The number of hydroxylamine groups is 2. The molecule has 2 rings (SSSR count). The highest BCUT2D eigenvalue weighted by molar-refractivity contribution is 5.77. The van der Waals surface area contributed by atoms with Gasteiger partial charge in [0, 0.05) is 7.05 Å². The number of hydrogen-bond acceptors (Lipinski definition) is 4. The van der Waals surface area contributed by atoms with Gasteiger partial charge >= 0.3 is 17.9 Å². The van der Waals surface area contributed by atoms with Crippen LogP contribution in [-0.2, 0) is 9.53 Å². The molecule has 0 aromatic heterocycles. The molecule has 0 spiro atoms. The molecule has 8 heteroatoms. The molecule has 0 aromatic carbocycles. The van der Waals surface area contributed by atoms with Crippen molar-refractivity contribution in [2.75, 3.05) is 13.6 Å². The van der Waals surface area contributed by atoms with Crippen molar-refractivity contribution < 1.29 is 28.3 Å². The Bertz CT molecular complexity index is 359. The highest BCUT2D eigenvalue weighted by Gasteiger charge is 2.55. The van der Waals surface area contributed by atoms with Crippen molar-refractivity contribution in [3.8, 4) is 0 Å². The van der Waals surface area contributed by atoms with E-state index in [1.54, 1.807) is 0 Å². The number of hydrogen-bond donors (Lipinski definition) is 1. The summed E-state index contributed by atoms with van der Waals surface area (Å²) >= 11 is 0. The van der Waals surface area contributed by atoms with Crippen LogP contribution in [0.4, 0.5) is 13.6 Å². The van der Waals surface area contributed by atoms with Crippen molar-refractivity contribution in [3.63, 3.8) is 0 Å². The Morgan fingerprint density at radius 1 is 1.53 bits per heavy atom. The maximum atomic E-state index is 13.5. The number of rotatable bonds is 2. The molecular weight excluding hydrogens is 238 g/mol. The van der Waals surface area contributed by atoms with E-state index in [0.717, 1.165) is 7.05 Å². The fourth-order valence-corrected chi connectivity index (χ4v) is 1.58. The normalized spacial score (nSPS) is 28.2. The zero-order chi connectivity index (χ0) is 12.8. The number of ether oxygens (including phenoxy) is 1. The topological polar surface area (TPSA) is 70.1 Å². The molecule has 96 valence electrons. The zero-order valence-corrected chi connectivity index (χ0v) is 9.10. The predicted octanol–water partition coefficient (Wildman–Crippen LogP) is 0.658. The third-order valence-electron chi connectivity index (χ3n) is 2.69. The van der Waals surface area contributed by atoms with Crippen LogP contribution in [0.15, 0.2) is 0 Å². The first-order chi connectivity index (χ1) is 7.83. The van der Waals surface area contributed by atoms with Crippen LogP contribution in [0.25, 0.3) is 0 Å². The van der Waals surface area contributed by atoms with Gasteiger partial charge in [0.05, 0.1) is 12.5 Å². The minimum atomic E-state index is -3.50. The predicted molar refractivity (Wildman–Crippen MR) is 49.2 cm³/mol. The molecule has 17 heavy (non-hydrogen) atoms. The lowest BCUT2D eigenvalue weighted by Crippen LogP contribution is -2.63. The summed E-state index contributed by atoms with van der Waals surface area (Å²) in [6.07, 6.45) is -1.05. The van der Waals surface area contributed by atoms with Gasteiger partial charge in [-0.15, -0.1) is 0 Å². The van der Waals surface area contributed by atoms with Crippen molar-refractivity contribution >= 4 is 12.0 Å². The van der Waals surface area contributed by atoms with E-state index >= 15 is 0 Å². The Kier molecular flexibility index (Phi) is 2.69. The van der Waals surface area contributed by atoms with Crippen LogP contribution in [0, 0.1) is 5.92 Å². The number of urea groups is 1. The molecule has 6 nitrogen and oxygen atoms in total.